The van der Waals surface area contributed by atoms with Gasteiger partial charge < -0.3 is 89.6 Å². The molecule has 8 rings (SSSR count). The van der Waals surface area contributed by atoms with E-state index in [1.165, 1.54) is 18.2 Å². The lowest BCUT2D eigenvalue weighted by atomic mass is 9.97. The van der Waals surface area contributed by atoms with Crippen molar-refractivity contribution in [2.45, 2.75) is 133 Å². The number of aromatic hydroxyl groups is 1. The molecule has 0 radical (unpaired) electrons. The molecule has 2 saturated heterocycles. The molecule has 4 heterocycles. The van der Waals surface area contributed by atoms with Crippen molar-refractivity contribution in [3.63, 3.8) is 0 Å². The van der Waals surface area contributed by atoms with Crippen molar-refractivity contribution < 1.29 is 101 Å². The number of carbonyl (C=O) groups excluding carboxylic acids is 5. The largest absolute Gasteiger partial charge is 0.508 e. The number of hydrogen-bond donors (Lipinski definition) is 9. The van der Waals surface area contributed by atoms with E-state index in [1.807, 2.05) is 30.1 Å². The molecule has 2 fully saturated rings. The van der Waals surface area contributed by atoms with Gasteiger partial charge in [-0.25, -0.2) is 9.48 Å². The number of carbonyl (C=O) groups is 8. The minimum Gasteiger partial charge on any atom is -0.508 e. The Balaban J connectivity index is 0.000000390. The van der Waals surface area contributed by atoms with Crippen LogP contribution in [0.2, 0.25) is 0 Å². The summed E-state index contributed by atoms with van der Waals surface area (Å²) in [7, 11) is 0. The summed E-state index contributed by atoms with van der Waals surface area (Å²) in [5.41, 5.74) is 5.49. The zero-order chi connectivity index (χ0) is 85.6. The first-order valence-corrected chi connectivity index (χ1v) is 40.6. The van der Waals surface area contributed by atoms with Crippen molar-refractivity contribution >= 4 is 76.3 Å². The number of aryl methyl sites for hydroxylation is 3. The number of unbranched alkanes of at least 4 members (excludes halogenated alkanes) is 2. The first kappa shape index (κ1) is 95.4. The minimum atomic E-state index is -1.19. The smallest absolute Gasteiger partial charge is 0.337 e. The maximum Gasteiger partial charge on any atom is 0.337 e. The Morgan fingerprint density at radius 1 is 0.575 bits per heavy atom. The highest BCUT2D eigenvalue weighted by atomic mass is 32.2. The van der Waals surface area contributed by atoms with Gasteiger partial charge >= 0.3 is 17.9 Å². The first-order chi connectivity index (χ1) is 58.4. The predicted octanol–water partition coefficient (Wildman–Crippen LogP) is 7.13. The molecule has 5 amide bonds. The normalized spacial score (nSPS) is 13.8. The summed E-state index contributed by atoms with van der Waals surface area (Å²) in [6.45, 7) is 6.86. The monoisotopic (exact) mass is 1680 g/mol. The van der Waals surface area contributed by atoms with E-state index in [0.717, 1.165) is 53.9 Å². The average Bonchev–Trinajstić information content (AvgIpc) is 1.65. The van der Waals surface area contributed by atoms with E-state index < -0.39 is 42.7 Å². The molecule has 642 valence electrons. The van der Waals surface area contributed by atoms with Crippen LogP contribution in [0.1, 0.15) is 128 Å². The lowest BCUT2D eigenvalue weighted by Gasteiger charge is -2.17. The standard InChI is InChI=1S/C55H68N10O11S.C28H35N5O10/c56-23-6-8-39-15-18-42(19-16-39)59-52(69)13-3-4-26-65-37-43(61-64-65)10-5-14-51(68)57-24-7-9-40-17-21-46(45(34-40)55(71)72)62-63-47-22-20-44(66)36-48(47)76-33-32-75-31-30-74-29-28-73-27-25-58-50(67)12-2-1-11-49-54-41(38-77-49)35-53(70)60-54;29-8-1-2-22-3-5-25(6-4-22)33-20-24(31-32-33)21-43-17-16-42-15-14-41-13-12-40-11-10-39-9-7-26(34)30-23(18-27(35)36)19-28(37)38/h15-22,34,36-37,41,49,54,66H,1-5,7,9-14,24-33,35,38H2,(H,57,68)(H,58,67)(H,59,69)(H,60,70)(H,71,72);3-6,20,23H,7,9-19,21H2,(H,30,34)(H,35,36)(H,37,38)/t41?,49-,54?;/m0./s1. The van der Waals surface area contributed by atoms with Gasteiger partial charge in [0, 0.05) is 110 Å². The number of carboxylic acids is 3. The van der Waals surface area contributed by atoms with Crippen molar-refractivity contribution in [2.75, 3.05) is 130 Å². The van der Waals surface area contributed by atoms with Gasteiger partial charge in [0.15, 0.2) is 17.9 Å². The van der Waals surface area contributed by atoms with Crippen LogP contribution < -0.4 is 31.3 Å². The molecule has 37 heteroatoms. The maximum atomic E-state index is 12.6. The topological polar surface area (TPSA) is 494 Å². The zero-order valence-corrected chi connectivity index (χ0v) is 67.6. The van der Waals surface area contributed by atoms with Crippen LogP contribution in [0.5, 0.6) is 11.5 Å². The number of nitriles is 2. The summed E-state index contributed by atoms with van der Waals surface area (Å²) in [5.74, 6) is 7.75. The van der Waals surface area contributed by atoms with Crippen molar-refractivity contribution in [2.24, 2.45) is 16.1 Å². The maximum absolute atomic E-state index is 12.6. The third-order valence-corrected chi connectivity index (χ3v) is 19.4. The number of rotatable bonds is 58. The highest BCUT2D eigenvalue weighted by Gasteiger charge is 2.42. The van der Waals surface area contributed by atoms with E-state index in [0.29, 0.717) is 197 Å². The Morgan fingerprint density at radius 2 is 1.15 bits per heavy atom. The second-order valence-corrected chi connectivity index (χ2v) is 28.5. The molecule has 0 bridgehead atoms. The summed E-state index contributed by atoms with van der Waals surface area (Å²) >= 11 is 1.94. The van der Waals surface area contributed by atoms with Crippen molar-refractivity contribution in [3.8, 4) is 53.0 Å². The van der Waals surface area contributed by atoms with Gasteiger partial charge in [0.25, 0.3) is 0 Å². The predicted molar refractivity (Wildman–Crippen MR) is 435 cm³/mol. The number of anilines is 1. The van der Waals surface area contributed by atoms with Crippen LogP contribution in [-0.4, -0.2) is 240 Å². The number of azo groups is 1. The van der Waals surface area contributed by atoms with Gasteiger partial charge in [-0.1, -0.05) is 34.8 Å². The highest BCUT2D eigenvalue weighted by Crippen LogP contribution is 2.40. The lowest BCUT2D eigenvalue weighted by molar-refractivity contribution is -0.140. The molecule has 0 saturated carbocycles. The van der Waals surface area contributed by atoms with E-state index in [4.69, 9.17) is 63.4 Å². The number of nitrogens with one attached hydrogen (secondary N) is 5. The number of aromatic carboxylic acids is 1. The van der Waals surface area contributed by atoms with Gasteiger partial charge in [0.1, 0.15) is 29.4 Å². The first-order valence-electron chi connectivity index (χ1n) is 39.5. The molecule has 6 aromatic rings. The number of aromatic nitrogens is 6. The number of aliphatic carboxylic acids is 2. The van der Waals surface area contributed by atoms with Crippen LogP contribution in [0.25, 0.3) is 5.69 Å². The van der Waals surface area contributed by atoms with Gasteiger partial charge in [-0.2, -0.15) is 22.3 Å². The average molecular weight is 1680 g/mol. The van der Waals surface area contributed by atoms with E-state index in [2.05, 4.69) is 81.1 Å². The minimum absolute atomic E-state index is 0.00967. The molecule has 9 N–H and O–H groups in total. The van der Waals surface area contributed by atoms with Gasteiger partial charge in [0.2, 0.25) is 29.5 Å². The summed E-state index contributed by atoms with van der Waals surface area (Å²) in [6.07, 6.45) is 10.9. The van der Waals surface area contributed by atoms with Gasteiger partial charge in [-0.3, -0.25) is 38.2 Å². The van der Waals surface area contributed by atoms with Crippen LogP contribution >= 0.6 is 11.8 Å². The fraction of sp³-hybridized carbons (Fsp3) is 0.494. The third-order valence-electron chi connectivity index (χ3n) is 17.9. The van der Waals surface area contributed by atoms with Crippen LogP contribution in [0.3, 0.4) is 0 Å². The fourth-order valence-electron chi connectivity index (χ4n) is 12.0. The van der Waals surface area contributed by atoms with E-state index >= 15 is 0 Å². The summed E-state index contributed by atoms with van der Waals surface area (Å²) < 4.78 is 53.0. The molecule has 2 unspecified atom stereocenters. The van der Waals surface area contributed by atoms with Gasteiger partial charge in [-0.05, 0) is 141 Å². The molecular formula is C83H103N15O21S. The number of hydrogen-bond acceptors (Lipinski definition) is 27. The van der Waals surface area contributed by atoms with Crippen molar-refractivity contribution in [3.05, 3.63) is 131 Å². The SMILES string of the molecule is N#CC#Cc1ccc(-n2cc(COCCOCCOCCOCCOCCC(=O)NC(CC(=O)O)CC(=O)O)nn2)cc1.N#CC#Cc1ccc(NC(=O)CCCCn2cc(CCCC(=O)NCCCc3ccc(N=Nc4ccc(O)cc4OCCOCCOCCOCCNC(=O)CCCC[C@@H]4SCC5CC(=O)NC54)c(C(=O)O)c3)nn2)cc1. The van der Waals surface area contributed by atoms with Crippen LogP contribution in [0.15, 0.2) is 108 Å². The summed E-state index contributed by atoms with van der Waals surface area (Å²) in [6, 6.07) is 26.3. The molecule has 2 aliphatic heterocycles. The Bertz CT molecular complexity index is 4440. The van der Waals surface area contributed by atoms with Crippen LogP contribution in [0.4, 0.5) is 17.1 Å². The van der Waals surface area contributed by atoms with E-state index in [1.54, 1.807) is 82.3 Å². The van der Waals surface area contributed by atoms with Gasteiger partial charge in [0.05, 0.1) is 142 Å². The van der Waals surface area contributed by atoms with E-state index in [9.17, 15) is 48.6 Å². The molecule has 0 spiro atoms. The van der Waals surface area contributed by atoms with Crippen LogP contribution in [-0.2, 0) is 97.4 Å². The number of phenolic OH excluding ortho intramolecular Hbond substituents is 1. The lowest BCUT2D eigenvalue weighted by Crippen LogP contribution is -2.38. The molecule has 3 atom stereocenters. The third kappa shape index (κ3) is 39.7. The summed E-state index contributed by atoms with van der Waals surface area (Å²) in [4.78, 5) is 94.3. The number of thioether (sulfide) groups is 1. The second-order valence-electron chi connectivity index (χ2n) is 27.2. The number of benzene rings is 4. The van der Waals surface area contributed by atoms with Crippen LogP contribution in [0, 0.1) is 52.3 Å². The Kier molecular flexibility index (Phi) is 45.0. The highest BCUT2D eigenvalue weighted by molar-refractivity contribution is 8.00. The van der Waals surface area contributed by atoms with E-state index in [-0.39, 0.29) is 84.9 Å². The Morgan fingerprint density at radius 3 is 1.80 bits per heavy atom. The molecule has 2 aliphatic rings. The fourth-order valence-corrected chi connectivity index (χ4v) is 13.6. The molecule has 2 aromatic heterocycles. The molecule has 0 aliphatic carbocycles. The molecular weight excluding hydrogens is 1580 g/mol. The second kappa shape index (κ2) is 56.6. The molecule has 36 nitrogen and oxygen atoms in total. The number of amides is 5. The summed E-state index contributed by atoms with van der Waals surface area (Å²) in [5, 5.41) is 94.4. The number of fused-ring (bicyclic) bond motifs is 1. The van der Waals surface area contributed by atoms with Crippen molar-refractivity contribution in [1.29, 1.82) is 10.5 Å². The Hall–Kier alpha value is -11.8. The van der Waals surface area contributed by atoms with Crippen molar-refractivity contribution in [1.82, 2.24) is 51.3 Å². The number of ether oxygens (including phenoxy) is 9. The molecule has 120 heavy (non-hydrogen) atoms. The Labute approximate surface area is 699 Å². The number of nitrogens with zero attached hydrogens (tertiary/aromatic N) is 10. The van der Waals surface area contributed by atoms with Gasteiger partial charge in [-0.15, -0.1) is 20.4 Å². The quantitative estimate of drug-likeness (QED) is 0.0104. The molecule has 4 aromatic carbocycles. The zero-order valence-electron chi connectivity index (χ0n) is 66.8. The number of phenols is 1. The number of carboxylic acid groups (broad SMARTS) is 3.